The van der Waals surface area contributed by atoms with Crippen LogP contribution in [0.1, 0.15) is 0 Å². The van der Waals surface area contributed by atoms with Crippen LogP contribution < -0.4 is 0 Å². The Morgan fingerprint density at radius 1 is 1.22 bits per heavy atom. The molecule has 0 aliphatic carbocycles. The number of hydrogen-bond donors (Lipinski definition) is 0. The Morgan fingerprint density at radius 2 is 1.91 bits per heavy atom. The molecular formula is C15H11ClN4O2S. The smallest absolute Gasteiger partial charge is 0.264 e. The molecule has 1 heterocycles. The van der Waals surface area contributed by atoms with Crippen LogP contribution in [0.2, 0.25) is 5.02 Å². The van der Waals surface area contributed by atoms with Crippen LogP contribution in [0.4, 0.5) is 5.69 Å². The Kier molecular flexibility index (Phi) is 3.97. The van der Waals surface area contributed by atoms with Gasteiger partial charge in [0.15, 0.2) is 5.82 Å². The van der Waals surface area contributed by atoms with E-state index >= 15 is 0 Å². The average molecular weight is 347 g/mol. The predicted molar refractivity (Wildman–Crippen MR) is 90.5 cm³/mol. The molecule has 8 heteroatoms. The fraction of sp³-hybridized carbons (Fsp3) is 0.0667. The maximum absolute atomic E-state index is 10.7. The summed E-state index contributed by atoms with van der Waals surface area (Å²) < 4.78 is 3.91. The highest BCUT2D eigenvalue weighted by Gasteiger charge is 2.13. The van der Waals surface area contributed by atoms with Crippen molar-refractivity contribution in [2.75, 3.05) is 0 Å². The third kappa shape index (κ3) is 2.88. The van der Waals surface area contributed by atoms with E-state index in [4.69, 9.17) is 23.8 Å². The van der Waals surface area contributed by atoms with Gasteiger partial charge in [0.1, 0.15) is 0 Å². The molecule has 0 saturated carbocycles. The molecule has 0 atom stereocenters. The van der Waals surface area contributed by atoms with E-state index in [9.17, 15) is 10.1 Å². The first-order chi connectivity index (χ1) is 11.0. The van der Waals surface area contributed by atoms with E-state index in [0.717, 1.165) is 11.3 Å². The van der Waals surface area contributed by atoms with Gasteiger partial charge in [-0.25, -0.2) is 4.68 Å². The Bertz CT molecular complexity index is 947. The summed E-state index contributed by atoms with van der Waals surface area (Å²) in [4.78, 5) is 14.7. The van der Waals surface area contributed by atoms with Crippen LogP contribution in [0, 0.1) is 14.9 Å². The van der Waals surface area contributed by atoms with Crippen molar-refractivity contribution in [3.63, 3.8) is 0 Å². The highest BCUT2D eigenvalue weighted by molar-refractivity contribution is 7.71. The molecule has 0 saturated heterocycles. The van der Waals surface area contributed by atoms with Crippen molar-refractivity contribution in [2.24, 2.45) is 7.05 Å². The van der Waals surface area contributed by atoms with E-state index in [2.05, 4.69) is 4.98 Å². The first-order valence-electron chi connectivity index (χ1n) is 6.64. The van der Waals surface area contributed by atoms with Gasteiger partial charge >= 0.3 is 0 Å². The average Bonchev–Trinajstić information content (AvgIpc) is 2.82. The largest absolute Gasteiger partial charge is 0.269 e. The first kappa shape index (κ1) is 15.4. The van der Waals surface area contributed by atoms with Crippen LogP contribution >= 0.6 is 23.8 Å². The van der Waals surface area contributed by atoms with Gasteiger partial charge in [-0.1, -0.05) is 17.7 Å². The molecule has 2 aromatic carbocycles. The van der Waals surface area contributed by atoms with Gasteiger partial charge in [0, 0.05) is 29.8 Å². The lowest BCUT2D eigenvalue weighted by atomic mass is 10.2. The Hall–Kier alpha value is -2.51. The second-order valence-electron chi connectivity index (χ2n) is 4.84. The summed E-state index contributed by atoms with van der Waals surface area (Å²) in [6, 6.07) is 13.5. The highest BCUT2D eigenvalue weighted by atomic mass is 35.5. The molecule has 0 N–H and O–H groups in total. The number of nitrogens with zero attached hydrogens (tertiary/aromatic N) is 4. The van der Waals surface area contributed by atoms with Gasteiger partial charge in [-0.3, -0.25) is 14.8 Å². The Balaban J connectivity index is 2.11. The van der Waals surface area contributed by atoms with E-state index in [1.165, 1.54) is 12.1 Å². The van der Waals surface area contributed by atoms with E-state index in [0.29, 0.717) is 15.6 Å². The maximum Gasteiger partial charge on any atom is 0.269 e. The third-order valence-corrected chi connectivity index (χ3v) is 3.88. The van der Waals surface area contributed by atoms with Crippen LogP contribution in [0.3, 0.4) is 0 Å². The molecule has 3 rings (SSSR count). The fourth-order valence-electron chi connectivity index (χ4n) is 2.31. The minimum atomic E-state index is -0.438. The lowest BCUT2D eigenvalue weighted by Crippen LogP contribution is -2.07. The van der Waals surface area contributed by atoms with E-state index in [-0.39, 0.29) is 5.69 Å². The molecule has 1 aromatic heterocycles. The van der Waals surface area contributed by atoms with E-state index in [1.807, 2.05) is 19.2 Å². The lowest BCUT2D eigenvalue weighted by Gasteiger charge is -2.09. The van der Waals surface area contributed by atoms with Crippen LogP contribution in [0.15, 0.2) is 48.5 Å². The van der Waals surface area contributed by atoms with Crippen LogP contribution in [0.25, 0.3) is 17.1 Å². The van der Waals surface area contributed by atoms with Crippen molar-refractivity contribution >= 4 is 29.5 Å². The second kappa shape index (κ2) is 5.94. The number of nitro benzene ring substituents is 1. The molecule has 0 aliphatic heterocycles. The molecule has 23 heavy (non-hydrogen) atoms. The zero-order valence-corrected chi connectivity index (χ0v) is 13.6. The zero-order chi connectivity index (χ0) is 16.6. The van der Waals surface area contributed by atoms with Crippen molar-refractivity contribution in [1.82, 2.24) is 14.3 Å². The fourth-order valence-corrected chi connectivity index (χ4v) is 2.81. The maximum atomic E-state index is 10.7. The SMILES string of the molecule is Cn1c(-c2ccc([N+](=O)[O-])cc2)nc(=S)n1-c1cccc(Cl)c1. The molecule has 0 unspecified atom stereocenters. The monoisotopic (exact) mass is 346 g/mol. The molecule has 116 valence electrons. The molecule has 6 nitrogen and oxygen atoms in total. The van der Waals surface area contributed by atoms with Gasteiger partial charge in [-0.2, -0.15) is 4.98 Å². The molecule has 0 fully saturated rings. The first-order valence-corrected chi connectivity index (χ1v) is 7.43. The zero-order valence-electron chi connectivity index (χ0n) is 12.0. The van der Waals surface area contributed by atoms with Crippen LogP contribution in [-0.4, -0.2) is 19.3 Å². The molecular weight excluding hydrogens is 336 g/mol. The van der Waals surface area contributed by atoms with E-state index in [1.54, 1.807) is 33.6 Å². The highest BCUT2D eigenvalue weighted by Crippen LogP contribution is 2.23. The second-order valence-corrected chi connectivity index (χ2v) is 5.64. The minimum Gasteiger partial charge on any atom is -0.264 e. The quantitative estimate of drug-likeness (QED) is 0.405. The molecule has 0 aliphatic rings. The molecule has 0 radical (unpaired) electrons. The number of benzene rings is 2. The van der Waals surface area contributed by atoms with Crippen molar-refractivity contribution in [2.45, 2.75) is 0 Å². The number of aromatic nitrogens is 3. The molecule has 0 bridgehead atoms. The van der Waals surface area contributed by atoms with Gasteiger partial charge in [-0.05, 0) is 42.5 Å². The predicted octanol–water partition coefficient (Wildman–Crippen LogP) is 4.17. The summed E-state index contributed by atoms with van der Waals surface area (Å²) in [5, 5.41) is 11.3. The van der Waals surface area contributed by atoms with Crippen molar-refractivity contribution in [3.8, 4) is 17.1 Å². The number of halogens is 1. The summed E-state index contributed by atoms with van der Waals surface area (Å²) in [6.45, 7) is 0. The number of hydrogen-bond acceptors (Lipinski definition) is 4. The summed E-state index contributed by atoms with van der Waals surface area (Å²) in [5.74, 6) is 0.616. The van der Waals surface area contributed by atoms with Crippen LogP contribution in [-0.2, 0) is 7.05 Å². The van der Waals surface area contributed by atoms with Crippen molar-refractivity contribution in [1.29, 1.82) is 0 Å². The number of nitro groups is 1. The van der Waals surface area contributed by atoms with Crippen molar-refractivity contribution in [3.05, 3.63) is 68.4 Å². The van der Waals surface area contributed by atoms with E-state index < -0.39 is 4.92 Å². The molecule has 0 spiro atoms. The summed E-state index contributed by atoms with van der Waals surface area (Å²) in [5.41, 5.74) is 1.57. The number of rotatable bonds is 3. The lowest BCUT2D eigenvalue weighted by molar-refractivity contribution is -0.384. The molecule has 3 aromatic rings. The Morgan fingerprint density at radius 3 is 2.52 bits per heavy atom. The number of non-ortho nitro benzene ring substituents is 1. The summed E-state index contributed by atoms with van der Waals surface area (Å²) in [7, 11) is 1.82. The van der Waals surface area contributed by atoms with Crippen LogP contribution in [0.5, 0.6) is 0 Å². The van der Waals surface area contributed by atoms with Crippen molar-refractivity contribution < 1.29 is 4.92 Å². The standard InChI is InChI=1S/C15H11ClN4O2S/c1-18-14(10-5-7-12(8-6-10)20(21)22)17-15(23)19(18)13-4-2-3-11(16)9-13/h2-9H,1H3. The Labute approximate surface area is 141 Å². The topological polar surface area (TPSA) is 65.9 Å². The molecule has 0 amide bonds. The summed E-state index contributed by atoms with van der Waals surface area (Å²) >= 11 is 11.4. The normalized spacial score (nSPS) is 10.7. The van der Waals surface area contributed by atoms with Gasteiger partial charge in [-0.15, -0.1) is 0 Å². The van der Waals surface area contributed by atoms with Gasteiger partial charge in [0.25, 0.3) is 5.69 Å². The third-order valence-electron chi connectivity index (χ3n) is 3.38. The van der Waals surface area contributed by atoms with Gasteiger partial charge in [0.2, 0.25) is 4.77 Å². The van der Waals surface area contributed by atoms with Gasteiger partial charge in [0.05, 0.1) is 10.6 Å². The van der Waals surface area contributed by atoms with Gasteiger partial charge < -0.3 is 0 Å². The summed E-state index contributed by atoms with van der Waals surface area (Å²) in [6.07, 6.45) is 0. The minimum absolute atomic E-state index is 0.0317.